The SMILES string of the molecule is CCOC(=O)c1cc(OC(F)(F)F)cc(C(F)(F)F)c1C#N. The molecule has 0 amide bonds. The van der Waals surface area contributed by atoms with E-state index in [1.165, 1.54) is 6.92 Å². The van der Waals surface area contributed by atoms with Gasteiger partial charge in [-0.25, -0.2) is 4.79 Å². The van der Waals surface area contributed by atoms with Crippen LogP contribution in [0.5, 0.6) is 5.75 Å². The van der Waals surface area contributed by atoms with Crippen molar-refractivity contribution in [3.8, 4) is 11.8 Å². The fourth-order valence-corrected chi connectivity index (χ4v) is 1.52. The quantitative estimate of drug-likeness (QED) is 0.628. The highest BCUT2D eigenvalue weighted by molar-refractivity contribution is 5.93. The molecule has 4 nitrogen and oxygen atoms in total. The van der Waals surface area contributed by atoms with Crippen LogP contribution in [0, 0.1) is 11.3 Å². The van der Waals surface area contributed by atoms with Crippen molar-refractivity contribution in [1.82, 2.24) is 0 Å². The average molecular weight is 327 g/mol. The normalized spacial score (nSPS) is 11.7. The van der Waals surface area contributed by atoms with E-state index in [0.717, 1.165) is 6.07 Å². The number of hydrogen-bond acceptors (Lipinski definition) is 4. The number of carbonyl (C=O) groups excluding carboxylic acids is 1. The zero-order valence-corrected chi connectivity index (χ0v) is 10.8. The Morgan fingerprint density at radius 3 is 2.23 bits per heavy atom. The smallest absolute Gasteiger partial charge is 0.462 e. The van der Waals surface area contributed by atoms with Crippen LogP contribution < -0.4 is 4.74 Å². The first-order valence-corrected chi connectivity index (χ1v) is 5.57. The second-order valence-electron chi connectivity index (χ2n) is 3.77. The Morgan fingerprint density at radius 2 is 1.82 bits per heavy atom. The summed E-state index contributed by atoms with van der Waals surface area (Å²) in [4.78, 5) is 11.5. The second kappa shape index (κ2) is 6.13. The number of alkyl halides is 6. The summed E-state index contributed by atoms with van der Waals surface area (Å²) >= 11 is 0. The summed E-state index contributed by atoms with van der Waals surface area (Å²) in [5.74, 6) is -2.64. The number of nitriles is 1. The van der Waals surface area contributed by atoms with Crippen molar-refractivity contribution >= 4 is 5.97 Å². The predicted octanol–water partition coefficient (Wildman–Crippen LogP) is 3.65. The minimum Gasteiger partial charge on any atom is -0.462 e. The molecule has 0 saturated heterocycles. The van der Waals surface area contributed by atoms with Crippen LogP contribution in [-0.2, 0) is 10.9 Å². The Kier molecular flexibility index (Phi) is 4.91. The molecule has 0 N–H and O–H groups in total. The Labute approximate surface area is 119 Å². The molecule has 10 heteroatoms. The van der Waals surface area contributed by atoms with E-state index < -0.39 is 40.9 Å². The van der Waals surface area contributed by atoms with Gasteiger partial charge in [-0.15, -0.1) is 13.2 Å². The van der Waals surface area contributed by atoms with Gasteiger partial charge in [0, 0.05) is 0 Å². The number of carbonyl (C=O) groups is 1. The minimum atomic E-state index is -5.26. The van der Waals surface area contributed by atoms with Gasteiger partial charge in [0.25, 0.3) is 0 Å². The molecule has 1 aromatic rings. The van der Waals surface area contributed by atoms with Gasteiger partial charge >= 0.3 is 18.5 Å². The first-order valence-electron chi connectivity index (χ1n) is 5.57. The lowest BCUT2D eigenvalue weighted by Crippen LogP contribution is -2.20. The van der Waals surface area contributed by atoms with Crippen LogP contribution in [0.15, 0.2) is 12.1 Å². The molecule has 22 heavy (non-hydrogen) atoms. The summed E-state index contributed by atoms with van der Waals surface area (Å²) in [6.07, 6.45) is -10.4. The van der Waals surface area contributed by atoms with Crippen molar-refractivity contribution in [2.75, 3.05) is 6.61 Å². The van der Waals surface area contributed by atoms with Gasteiger partial charge in [-0.05, 0) is 19.1 Å². The van der Waals surface area contributed by atoms with Crippen LogP contribution in [0.1, 0.15) is 28.4 Å². The van der Waals surface area contributed by atoms with Crippen LogP contribution in [0.4, 0.5) is 26.3 Å². The predicted molar refractivity (Wildman–Crippen MR) is 58.8 cm³/mol. The molecule has 0 aliphatic carbocycles. The zero-order valence-electron chi connectivity index (χ0n) is 10.8. The van der Waals surface area contributed by atoms with Gasteiger partial charge in [-0.2, -0.15) is 18.4 Å². The third kappa shape index (κ3) is 4.28. The van der Waals surface area contributed by atoms with E-state index in [9.17, 15) is 31.1 Å². The maximum Gasteiger partial charge on any atom is 0.573 e. The monoisotopic (exact) mass is 327 g/mol. The summed E-state index contributed by atoms with van der Waals surface area (Å²) in [5, 5.41) is 8.78. The lowest BCUT2D eigenvalue weighted by Gasteiger charge is -2.15. The van der Waals surface area contributed by atoms with Crippen molar-refractivity contribution in [3.05, 3.63) is 28.8 Å². The Hall–Kier alpha value is -2.44. The topological polar surface area (TPSA) is 59.3 Å². The molecule has 0 atom stereocenters. The van der Waals surface area contributed by atoms with Crippen LogP contribution in [0.25, 0.3) is 0 Å². The molecule has 1 aromatic carbocycles. The first-order chi connectivity index (χ1) is 9.99. The third-order valence-corrected chi connectivity index (χ3v) is 2.26. The Bertz CT molecular complexity index is 615. The van der Waals surface area contributed by atoms with Crippen molar-refractivity contribution < 1.29 is 40.6 Å². The largest absolute Gasteiger partial charge is 0.573 e. The number of ether oxygens (including phenoxy) is 2. The van der Waals surface area contributed by atoms with Gasteiger partial charge in [-0.3, -0.25) is 0 Å². The molecule has 0 radical (unpaired) electrons. The first kappa shape index (κ1) is 17.6. The molecule has 0 bridgehead atoms. The lowest BCUT2D eigenvalue weighted by atomic mass is 10.0. The van der Waals surface area contributed by atoms with E-state index in [1.807, 2.05) is 0 Å². The van der Waals surface area contributed by atoms with Gasteiger partial charge in [0.2, 0.25) is 0 Å². The number of esters is 1. The van der Waals surface area contributed by atoms with Crippen LogP contribution in [0.3, 0.4) is 0 Å². The van der Waals surface area contributed by atoms with Gasteiger partial charge < -0.3 is 9.47 Å². The molecule has 1 rings (SSSR count). The Morgan fingerprint density at radius 1 is 1.23 bits per heavy atom. The minimum absolute atomic E-state index is 0.00519. The summed E-state index contributed by atoms with van der Waals surface area (Å²) in [5.41, 5.74) is -3.82. The molecule has 120 valence electrons. The highest BCUT2D eigenvalue weighted by atomic mass is 19.4. The highest BCUT2D eigenvalue weighted by Gasteiger charge is 2.39. The average Bonchev–Trinajstić information content (AvgIpc) is 2.35. The molecule has 0 aromatic heterocycles. The van der Waals surface area contributed by atoms with E-state index in [4.69, 9.17) is 5.26 Å². The van der Waals surface area contributed by atoms with E-state index in [-0.39, 0.29) is 12.7 Å². The highest BCUT2D eigenvalue weighted by Crippen LogP contribution is 2.37. The standard InChI is InChI=1S/C12H7F6NO3/c1-2-21-10(20)7-3-6(22-12(16,17)18)4-9(8(7)5-19)11(13,14)15/h3-4H,2H2,1H3. The molecule has 0 spiro atoms. The Balaban J connectivity index is 3.56. The van der Waals surface area contributed by atoms with Crippen molar-refractivity contribution in [3.63, 3.8) is 0 Å². The summed E-state index contributed by atoms with van der Waals surface area (Å²) in [6.45, 7) is 1.10. The molecule has 0 fully saturated rings. The molecule has 0 saturated carbocycles. The van der Waals surface area contributed by atoms with Crippen molar-refractivity contribution in [1.29, 1.82) is 5.26 Å². The molecular formula is C12H7F6NO3. The van der Waals surface area contributed by atoms with Crippen LogP contribution in [-0.4, -0.2) is 18.9 Å². The third-order valence-electron chi connectivity index (χ3n) is 2.26. The molecule has 0 heterocycles. The van der Waals surface area contributed by atoms with E-state index in [2.05, 4.69) is 9.47 Å². The maximum absolute atomic E-state index is 12.8. The van der Waals surface area contributed by atoms with Crippen molar-refractivity contribution in [2.45, 2.75) is 19.5 Å². The van der Waals surface area contributed by atoms with E-state index in [0.29, 0.717) is 6.07 Å². The number of halogens is 6. The van der Waals surface area contributed by atoms with Gasteiger partial charge in [0.05, 0.1) is 23.3 Å². The van der Waals surface area contributed by atoms with Gasteiger partial charge in [-0.1, -0.05) is 0 Å². The molecule has 0 aliphatic rings. The van der Waals surface area contributed by atoms with Crippen LogP contribution >= 0.6 is 0 Å². The second-order valence-corrected chi connectivity index (χ2v) is 3.77. The number of nitrogens with zero attached hydrogens (tertiary/aromatic N) is 1. The summed E-state index contributed by atoms with van der Waals surface area (Å²) < 4.78 is 82.8. The van der Waals surface area contributed by atoms with Gasteiger partial charge in [0.15, 0.2) is 0 Å². The zero-order chi connectivity index (χ0) is 17.1. The number of rotatable bonds is 3. The fraction of sp³-hybridized carbons (Fsp3) is 0.333. The van der Waals surface area contributed by atoms with E-state index >= 15 is 0 Å². The fourth-order valence-electron chi connectivity index (χ4n) is 1.52. The van der Waals surface area contributed by atoms with Crippen molar-refractivity contribution in [2.24, 2.45) is 0 Å². The number of benzene rings is 1. The van der Waals surface area contributed by atoms with E-state index in [1.54, 1.807) is 0 Å². The van der Waals surface area contributed by atoms with Crippen LogP contribution in [0.2, 0.25) is 0 Å². The number of hydrogen-bond donors (Lipinski definition) is 0. The van der Waals surface area contributed by atoms with Gasteiger partial charge in [0.1, 0.15) is 11.8 Å². The lowest BCUT2D eigenvalue weighted by molar-refractivity contribution is -0.274. The molecular weight excluding hydrogens is 320 g/mol. The maximum atomic E-state index is 12.8. The molecule has 0 aliphatic heterocycles. The molecule has 0 unspecified atom stereocenters. The summed E-state index contributed by atoms with van der Waals surface area (Å²) in [7, 11) is 0. The summed E-state index contributed by atoms with van der Waals surface area (Å²) in [6, 6.07) is 1.51.